The molecule has 0 spiro atoms. The van der Waals surface area contributed by atoms with Gasteiger partial charge in [0.15, 0.2) is 14.8 Å². The van der Waals surface area contributed by atoms with Crippen LogP contribution in [-0.2, 0) is 20.5 Å². The van der Waals surface area contributed by atoms with E-state index < -0.39 is 20.4 Å². The zero-order valence-electron chi connectivity index (χ0n) is 19.5. The summed E-state index contributed by atoms with van der Waals surface area (Å²) in [6, 6.07) is 10.1. The van der Waals surface area contributed by atoms with Crippen molar-refractivity contribution in [2.45, 2.75) is 79.0 Å². The molecular weight excluding hydrogens is 382 g/mol. The Morgan fingerprint density at radius 3 is 2.28 bits per heavy atom. The maximum atomic E-state index is 13.1. The fourth-order valence-corrected chi connectivity index (χ4v) is 5.37. The van der Waals surface area contributed by atoms with E-state index in [-0.39, 0.29) is 17.4 Å². The average molecular weight is 422 g/mol. The first-order valence-electron chi connectivity index (χ1n) is 10.7. The third-order valence-electron chi connectivity index (χ3n) is 5.16. The molecule has 29 heavy (non-hydrogen) atoms. The van der Waals surface area contributed by atoms with Crippen LogP contribution in [0.1, 0.15) is 53.5 Å². The lowest BCUT2D eigenvalue weighted by Crippen LogP contribution is -2.60. The van der Waals surface area contributed by atoms with Gasteiger partial charge in [-0.3, -0.25) is 4.90 Å². The fourth-order valence-electron chi connectivity index (χ4n) is 4.19. The predicted octanol–water partition coefficient (Wildman–Crippen LogP) is 5.20. The van der Waals surface area contributed by atoms with Crippen molar-refractivity contribution in [2.75, 3.05) is 13.2 Å². The highest BCUT2D eigenvalue weighted by Crippen LogP contribution is 2.47. The maximum absolute atomic E-state index is 13.1. The minimum absolute atomic E-state index is 0.0316. The van der Waals surface area contributed by atoms with Gasteiger partial charge in [0.2, 0.25) is 0 Å². The summed E-state index contributed by atoms with van der Waals surface area (Å²) in [5, 5.41) is 0. The number of likely N-dealkylation sites (tertiary alicyclic amines) is 1. The van der Waals surface area contributed by atoms with E-state index in [2.05, 4.69) is 33.9 Å². The molecule has 6 heteroatoms. The second-order valence-electron chi connectivity index (χ2n) is 10.3. The summed E-state index contributed by atoms with van der Waals surface area (Å²) < 4.78 is 18.6. The van der Waals surface area contributed by atoms with Gasteiger partial charge in [0, 0.05) is 12.5 Å². The van der Waals surface area contributed by atoms with Crippen molar-refractivity contribution < 1.29 is 18.7 Å². The quantitative estimate of drug-likeness (QED) is 0.592. The topological polar surface area (TPSA) is 48.0 Å². The maximum Gasteiger partial charge on any atom is 0.412 e. The van der Waals surface area contributed by atoms with Crippen LogP contribution in [-0.4, -0.2) is 44.5 Å². The van der Waals surface area contributed by atoms with Gasteiger partial charge in [0.1, 0.15) is 5.60 Å². The Labute approximate surface area is 178 Å². The Morgan fingerprint density at radius 1 is 1.14 bits per heavy atom. The van der Waals surface area contributed by atoms with Crippen LogP contribution in [0, 0.1) is 11.3 Å². The number of rotatable bonds is 6. The first-order chi connectivity index (χ1) is 13.3. The monoisotopic (exact) mass is 421 g/mol. The van der Waals surface area contributed by atoms with Gasteiger partial charge in [0.25, 0.3) is 0 Å². The number of hydrogen-bond acceptors (Lipinski definition) is 4. The second kappa shape index (κ2) is 9.19. The van der Waals surface area contributed by atoms with Gasteiger partial charge in [-0.1, -0.05) is 51.1 Å². The number of nitrogens with zero attached hydrogens (tertiary/aromatic N) is 1. The highest BCUT2D eigenvalue weighted by molar-refractivity contribution is 6.48. The van der Waals surface area contributed by atoms with Crippen molar-refractivity contribution in [3.63, 3.8) is 0 Å². The summed E-state index contributed by atoms with van der Waals surface area (Å²) in [7, 11) is -1.48. The summed E-state index contributed by atoms with van der Waals surface area (Å²) in [4.78, 5) is 14.9. The van der Waals surface area contributed by atoms with Crippen LogP contribution >= 0.6 is 0 Å². The lowest BCUT2D eigenvalue weighted by Gasteiger charge is -2.47. The van der Waals surface area contributed by atoms with Crippen LogP contribution in [0.15, 0.2) is 30.3 Å². The highest BCUT2D eigenvalue weighted by atomic mass is 28.3. The van der Waals surface area contributed by atoms with Crippen LogP contribution in [0.5, 0.6) is 0 Å². The molecule has 1 saturated heterocycles. The predicted molar refractivity (Wildman–Crippen MR) is 119 cm³/mol. The summed E-state index contributed by atoms with van der Waals surface area (Å²) in [5.74, 6) is 0.160. The Kier molecular flexibility index (Phi) is 7.57. The Hall–Kier alpha value is -1.37. The van der Waals surface area contributed by atoms with Gasteiger partial charge in [-0.15, -0.1) is 0 Å². The highest BCUT2D eigenvalue weighted by Gasteiger charge is 2.57. The molecule has 1 aliphatic rings. The van der Waals surface area contributed by atoms with Crippen LogP contribution in [0.2, 0.25) is 13.1 Å². The van der Waals surface area contributed by atoms with Crippen molar-refractivity contribution in [3.05, 3.63) is 35.9 Å². The molecule has 1 amide bonds. The largest absolute Gasteiger partial charge is 0.444 e. The van der Waals surface area contributed by atoms with E-state index in [4.69, 9.17) is 13.9 Å². The molecule has 1 aromatic carbocycles. The third kappa shape index (κ3) is 6.30. The lowest BCUT2D eigenvalue weighted by atomic mass is 9.74. The van der Waals surface area contributed by atoms with Gasteiger partial charge in [-0.05, 0) is 51.3 Å². The van der Waals surface area contributed by atoms with Gasteiger partial charge >= 0.3 is 6.09 Å². The minimum atomic E-state index is -1.48. The number of carbonyl (C=O) groups excluding carboxylic acids is 1. The zero-order chi connectivity index (χ0) is 21.9. The first-order valence-corrected chi connectivity index (χ1v) is 13.4. The molecule has 5 nitrogen and oxygen atoms in total. The van der Waals surface area contributed by atoms with E-state index in [0.29, 0.717) is 19.8 Å². The SMILES string of the molecule is C[SiH](C)O[C@@]1(COCc2ccccc2)[C@H](C(C)(C)C)CCN1C(=O)OC(C)(C)C. The standard InChI is InChI=1S/C23H39NO4Si/c1-21(2,3)19-14-15-24(20(25)27-22(4,5)6)23(19,28-29(7)8)17-26-16-18-12-10-9-11-13-18/h9-13,19,29H,14-17H2,1-8H3/t19-,23-/m0/s1. The van der Waals surface area contributed by atoms with Gasteiger partial charge < -0.3 is 13.9 Å². The van der Waals surface area contributed by atoms with Gasteiger partial charge in [-0.2, -0.15) is 0 Å². The number of benzene rings is 1. The van der Waals surface area contributed by atoms with Gasteiger partial charge in [0.05, 0.1) is 13.2 Å². The van der Waals surface area contributed by atoms with E-state index in [1.807, 2.05) is 51.1 Å². The van der Waals surface area contributed by atoms with E-state index in [1.165, 1.54) is 0 Å². The fraction of sp³-hybridized carbons (Fsp3) is 0.696. The molecular formula is C23H39NO4Si. The number of carbonyl (C=O) groups is 1. The number of amides is 1. The Balaban J connectivity index is 2.33. The molecule has 0 radical (unpaired) electrons. The molecule has 2 atom stereocenters. The van der Waals surface area contributed by atoms with E-state index in [0.717, 1.165) is 12.0 Å². The zero-order valence-corrected chi connectivity index (χ0v) is 20.6. The summed E-state index contributed by atoms with van der Waals surface area (Å²) in [6.07, 6.45) is 0.556. The molecule has 0 N–H and O–H groups in total. The average Bonchev–Trinajstić information content (AvgIpc) is 2.92. The number of hydrogen-bond donors (Lipinski definition) is 0. The number of ether oxygens (including phenoxy) is 2. The molecule has 164 valence electrons. The summed E-state index contributed by atoms with van der Waals surface area (Å²) >= 11 is 0. The van der Waals surface area contributed by atoms with E-state index >= 15 is 0 Å². The van der Waals surface area contributed by atoms with Crippen molar-refractivity contribution in [1.82, 2.24) is 4.90 Å². The molecule has 1 aromatic rings. The molecule has 0 saturated carbocycles. The molecule has 2 rings (SSSR count). The first kappa shape index (κ1) is 23.9. The molecule has 0 aliphatic carbocycles. The molecule has 0 aromatic heterocycles. The second-order valence-corrected chi connectivity index (χ2v) is 12.7. The molecule has 1 heterocycles. The van der Waals surface area contributed by atoms with Crippen molar-refractivity contribution in [2.24, 2.45) is 11.3 Å². The molecule has 0 bridgehead atoms. The Morgan fingerprint density at radius 2 is 1.76 bits per heavy atom. The summed E-state index contributed by atoms with van der Waals surface area (Å²) in [5.41, 5.74) is -0.270. The normalized spacial score (nSPS) is 22.9. The minimum Gasteiger partial charge on any atom is -0.444 e. The van der Waals surface area contributed by atoms with Crippen molar-refractivity contribution in [1.29, 1.82) is 0 Å². The van der Waals surface area contributed by atoms with Crippen LogP contribution in [0.25, 0.3) is 0 Å². The van der Waals surface area contributed by atoms with E-state index in [9.17, 15) is 4.79 Å². The van der Waals surface area contributed by atoms with Crippen molar-refractivity contribution >= 4 is 15.1 Å². The smallest absolute Gasteiger partial charge is 0.412 e. The molecule has 1 aliphatic heterocycles. The summed E-state index contributed by atoms with van der Waals surface area (Å²) in [6.45, 7) is 18.1. The molecule has 1 fully saturated rings. The van der Waals surface area contributed by atoms with Crippen LogP contribution < -0.4 is 0 Å². The third-order valence-corrected chi connectivity index (χ3v) is 6.04. The van der Waals surface area contributed by atoms with Gasteiger partial charge in [-0.25, -0.2) is 4.79 Å². The Bertz CT molecular complexity index is 666. The lowest BCUT2D eigenvalue weighted by molar-refractivity contribution is -0.155. The van der Waals surface area contributed by atoms with Crippen LogP contribution in [0.3, 0.4) is 0 Å². The molecule has 0 unspecified atom stereocenters. The van der Waals surface area contributed by atoms with E-state index in [1.54, 1.807) is 4.90 Å². The van der Waals surface area contributed by atoms with Crippen molar-refractivity contribution in [3.8, 4) is 0 Å². The van der Waals surface area contributed by atoms with Crippen LogP contribution in [0.4, 0.5) is 4.79 Å².